The molecule has 104 valence electrons. The Labute approximate surface area is 115 Å². The van der Waals surface area contributed by atoms with Gasteiger partial charge in [0.05, 0.1) is 5.69 Å². The van der Waals surface area contributed by atoms with Gasteiger partial charge in [-0.2, -0.15) is 0 Å². The number of nitrogens with one attached hydrogen (secondary N) is 1. The van der Waals surface area contributed by atoms with Crippen LogP contribution in [0.25, 0.3) is 0 Å². The van der Waals surface area contributed by atoms with Crippen molar-refractivity contribution >= 4 is 17.3 Å². The summed E-state index contributed by atoms with van der Waals surface area (Å²) < 4.78 is 26.5. The second-order valence-corrected chi connectivity index (χ2v) is 4.61. The molecule has 0 aliphatic carbocycles. The van der Waals surface area contributed by atoms with Crippen molar-refractivity contribution in [1.29, 1.82) is 0 Å². The summed E-state index contributed by atoms with van der Waals surface area (Å²) in [6.45, 7) is 3.80. The predicted molar refractivity (Wildman–Crippen MR) is 74.6 cm³/mol. The summed E-state index contributed by atoms with van der Waals surface area (Å²) in [7, 11) is 0. The van der Waals surface area contributed by atoms with Gasteiger partial charge in [-0.15, -0.1) is 0 Å². The maximum atomic E-state index is 13.6. The van der Waals surface area contributed by atoms with Gasteiger partial charge in [-0.3, -0.25) is 4.79 Å². The largest absolute Gasteiger partial charge is 0.397 e. The van der Waals surface area contributed by atoms with Crippen molar-refractivity contribution in [1.82, 2.24) is 0 Å². The highest BCUT2D eigenvalue weighted by Gasteiger charge is 2.14. The molecule has 2 aromatic rings. The minimum Gasteiger partial charge on any atom is -0.397 e. The van der Waals surface area contributed by atoms with Crippen molar-refractivity contribution in [3.63, 3.8) is 0 Å². The topological polar surface area (TPSA) is 55.1 Å². The Morgan fingerprint density at radius 2 is 1.80 bits per heavy atom. The van der Waals surface area contributed by atoms with E-state index in [1.54, 1.807) is 18.2 Å². The molecule has 0 saturated carbocycles. The minimum absolute atomic E-state index is 0.153. The number of hydrogen-bond acceptors (Lipinski definition) is 2. The first-order chi connectivity index (χ1) is 9.38. The molecule has 0 radical (unpaired) electrons. The quantitative estimate of drug-likeness (QED) is 0.826. The number of amides is 1. The molecule has 20 heavy (non-hydrogen) atoms. The van der Waals surface area contributed by atoms with E-state index >= 15 is 0 Å². The smallest absolute Gasteiger partial charge is 0.255 e. The van der Waals surface area contributed by atoms with Gasteiger partial charge in [0.25, 0.3) is 5.91 Å². The molecule has 3 N–H and O–H groups in total. The molecule has 2 rings (SSSR count). The van der Waals surface area contributed by atoms with E-state index in [9.17, 15) is 13.6 Å². The van der Waals surface area contributed by atoms with E-state index in [0.29, 0.717) is 11.6 Å². The molecule has 0 aromatic heterocycles. The van der Waals surface area contributed by atoms with Crippen LogP contribution in [0.1, 0.15) is 21.5 Å². The third-order valence-corrected chi connectivity index (χ3v) is 3.09. The number of halogens is 2. The van der Waals surface area contributed by atoms with Crippen molar-refractivity contribution in [3.05, 3.63) is 58.7 Å². The average molecular weight is 276 g/mol. The number of nitrogen functional groups attached to an aromatic ring is 1. The standard InChI is InChI=1S/C15H14F2N2O/c1-8-3-4-10(5-9(8)2)15(20)19-14-12(17)6-11(16)7-13(14)18/h3-7H,18H2,1-2H3,(H,19,20). The number of rotatable bonds is 2. The van der Waals surface area contributed by atoms with E-state index in [-0.39, 0.29) is 11.4 Å². The fraction of sp³-hybridized carbons (Fsp3) is 0.133. The lowest BCUT2D eigenvalue weighted by Crippen LogP contribution is -2.15. The Morgan fingerprint density at radius 3 is 2.40 bits per heavy atom. The van der Waals surface area contributed by atoms with Gasteiger partial charge in [0.1, 0.15) is 11.5 Å². The van der Waals surface area contributed by atoms with Crippen molar-refractivity contribution in [2.75, 3.05) is 11.1 Å². The summed E-state index contributed by atoms with van der Waals surface area (Å²) in [5.41, 5.74) is 7.53. The Morgan fingerprint density at radius 1 is 1.10 bits per heavy atom. The lowest BCUT2D eigenvalue weighted by atomic mass is 10.1. The first kappa shape index (κ1) is 14.0. The van der Waals surface area contributed by atoms with Gasteiger partial charge in [0.2, 0.25) is 0 Å². The second-order valence-electron chi connectivity index (χ2n) is 4.61. The molecule has 5 heteroatoms. The van der Waals surface area contributed by atoms with Crippen molar-refractivity contribution in [2.24, 2.45) is 0 Å². The average Bonchev–Trinajstić information content (AvgIpc) is 2.36. The van der Waals surface area contributed by atoms with Crippen LogP contribution in [0, 0.1) is 25.5 Å². The Kier molecular flexibility index (Phi) is 3.70. The van der Waals surface area contributed by atoms with E-state index < -0.39 is 17.5 Å². The van der Waals surface area contributed by atoms with Crippen LogP contribution in [-0.2, 0) is 0 Å². The van der Waals surface area contributed by atoms with E-state index in [4.69, 9.17) is 5.73 Å². The summed E-state index contributed by atoms with van der Waals surface area (Å²) in [5, 5.41) is 2.36. The second kappa shape index (κ2) is 5.28. The normalized spacial score (nSPS) is 10.4. The van der Waals surface area contributed by atoms with E-state index in [1.807, 2.05) is 13.8 Å². The van der Waals surface area contributed by atoms with Gasteiger partial charge in [0.15, 0.2) is 5.82 Å². The van der Waals surface area contributed by atoms with E-state index in [0.717, 1.165) is 17.2 Å². The zero-order valence-corrected chi connectivity index (χ0v) is 11.1. The van der Waals surface area contributed by atoms with Crippen LogP contribution in [0.4, 0.5) is 20.2 Å². The van der Waals surface area contributed by atoms with Crippen molar-refractivity contribution in [2.45, 2.75) is 13.8 Å². The number of benzene rings is 2. The number of aryl methyl sites for hydroxylation is 2. The molecule has 0 saturated heterocycles. The molecule has 1 amide bonds. The summed E-state index contributed by atoms with van der Waals surface area (Å²) in [4.78, 5) is 12.0. The lowest BCUT2D eigenvalue weighted by molar-refractivity contribution is 0.102. The number of carbonyl (C=O) groups is 1. The van der Waals surface area contributed by atoms with Crippen LogP contribution in [0.5, 0.6) is 0 Å². The molecular weight excluding hydrogens is 262 g/mol. The zero-order chi connectivity index (χ0) is 14.9. The van der Waals surface area contributed by atoms with Gasteiger partial charge < -0.3 is 11.1 Å². The van der Waals surface area contributed by atoms with Crippen LogP contribution in [0.15, 0.2) is 30.3 Å². The van der Waals surface area contributed by atoms with Gasteiger partial charge in [-0.1, -0.05) is 6.07 Å². The first-order valence-electron chi connectivity index (χ1n) is 6.01. The van der Waals surface area contributed by atoms with Crippen LogP contribution in [0.2, 0.25) is 0 Å². The molecule has 0 bridgehead atoms. The number of anilines is 2. The maximum absolute atomic E-state index is 13.6. The molecule has 0 heterocycles. The molecule has 0 aliphatic heterocycles. The Balaban J connectivity index is 2.30. The molecular formula is C15H14F2N2O. The molecule has 2 aromatic carbocycles. The molecule has 0 fully saturated rings. The Bertz CT molecular complexity index is 661. The molecule has 0 atom stereocenters. The predicted octanol–water partition coefficient (Wildman–Crippen LogP) is 3.42. The SMILES string of the molecule is Cc1ccc(C(=O)Nc2c(N)cc(F)cc2F)cc1C. The zero-order valence-electron chi connectivity index (χ0n) is 11.1. The number of hydrogen-bond donors (Lipinski definition) is 2. The third-order valence-electron chi connectivity index (χ3n) is 3.09. The first-order valence-corrected chi connectivity index (χ1v) is 6.01. The van der Waals surface area contributed by atoms with Crippen LogP contribution in [-0.4, -0.2) is 5.91 Å². The third kappa shape index (κ3) is 2.77. The van der Waals surface area contributed by atoms with Crippen molar-refractivity contribution in [3.8, 4) is 0 Å². The number of carbonyl (C=O) groups excluding carboxylic acids is 1. The van der Waals surface area contributed by atoms with Gasteiger partial charge in [0, 0.05) is 11.6 Å². The summed E-state index contributed by atoms with van der Waals surface area (Å²) in [6.07, 6.45) is 0. The van der Waals surface area contributed by atoms with Crippen LogP contribution in [0.3, 0.4) is 0 Å². The summed E-state index contributed by atoms with van der Waals surface area (Å²) in [5.74, 6) is -2.19. The fourth-order valence-electron chi connectivity index (χ4n) is 1.79. The van der Waals surface area contributed by atoms with Gasteiger partial charge in [-0.25, -0.2) is 8.78 Å². The summed E-state index contributed by atoms with van der Waals surface area (Å²) in [6, 6.07) is 6.76. The maximum Gasteiger partial charge on any atom is 0.255 e. The number of nitrogens with two attached hydrogens (primary N) is 1. The van der Waals surface area contributed by atoms with Crippen molar-refractivity contribution < 1.29 is 13.6 Å². The Hall–Kier alpha value is -2.43. The molecule has 0 unspecified atom stereocenters. The highest BCUT2D eigenvalue weighted by atomic mass is 19.1. The summed E-state index contributed by atoms with van der Waals surface area (Å²) >= 11 is 0. The van der Waals surface area contributed by atoms with Gasteiger partial charge >= 0.3 is 0 Å². The monoisotopic (exact) mass is 276 g/mol. The highest BCUT2D eigenvalue weighted by Crippen LogP contribution is 2.24. The fourth-order valence-corrected chi connectivity index (χ4v) is 1.79. The lowest BCUT2D eigenvalue weighted by Gasteiger charge is -2.10. The highest BCUT2D eigenvalue weighted by molar-refractivity contribution is 6.06. The van der Waals surface area contributed by atoms with E-state index in [1.165, 1.54) is 0 Å². The molecule has 3 nitrogen and oxygen atoms in total. The van der Waals surface area contributed by atoms with Crippen LogP contribution < -0.4 is 11.1 Å². The van der Waals surface area contributed by atoms with Gasteiger partial charge in [-0.05, 0) is 43.2 Å². The molecule has 0 aliphatic rings. The molecule has 0 spiro atoms. The van der Waals surface area contributed by atoms with Crippen LogP contribution >= 0.6 is 0 Å². The van der Waals surface area contributed by atoms with E-state index in [2.05, 4.69) is 5.32 Å². The minimum atomic E-state index is -0.903.